The number of nitrogens with one attached hydrogen (secondary N) is 1. The minimum atomic E-state index is 0.0665. The first-order valence-electron chi connectivity index (χ1n) is 6.38. The van der Waals surface area contributed by atoms with E-state index in [1.165, 1.54) is 6.42 Å². The van der Waals surface area contributed by atoms with Crippen molar-refractivity contribution in [3.05, 3.63) is 0 Å². The van der Waals surface area contributed by atoms with Crippen molar-refractivity contribution in [2.75, 3.05) is 5.32 Å². The van der Waals surface area contributed by atoms with Crippen molar-refractivity contribution in [2.45, 2.75) is 52.0 Å². The van der Waals surface area contributed by atoms with Crippen molar-refractivity contribution >= 4 is 11.9 Å². The molecule has 1 fully saturated rings. The quantitative estimate of drug-likeness (QED) is 0.863. The standard InChI is InChI=1S/C11H19N5O/c1-2-8-16-11(13-14-15-16)12-10(17)9-6-4-3-5-7-9/h9H,2-8H2,1H3,(H,12,13,15,17). The van der Waals surface area contributed by atoms with Gasteiger partial charge in [-0.3, -0.25) is 10.1 Å². The zero-order chi connectivity index (χ0) is 12.1. The van der Waals surface area contributed by atoms with Crippen molar-refractivity contribution in [3.63, 3.8) is 0 Å². The molecule has 6 nitrogen and oxygen atoms in total. The van der Waals surface area contributed by atoms with Crippen molar-refractivity contribution in [1.82, 2.24) is 20.2 Å². The van der Waals surface area contributed by atoms with Crippen molar-refractivity contribution in [3.8, 4) is 0 Å². The molecule has 0 bridgehead atoms. The molecule has 1 aromatic rings. The molecule has 0 radical (unpaired) electrons. The van der Waals surface area contributed by atoms with Crippen LogP contribution in [0.2, 0.25) is 0 Å². The van der Waals surface area contributed by atoms with Gasteiger partial charge in [0.2, 0.25) is 11.9 Å². The number of nitrogens with zero attached hydrogens (tertiary/aromatic N) is 4. The molecule has 0 unspecified atom stereocenters. The summed E-state index contributed by atoms with van der Waals surface area (Å²) in [5.74, 6) is 0.676. The Hall–Kier alpha value is -1.46. The molecule has 1 N–H and O–H groups in total. The zero-order valence-electron chi connectivity index (χ0n) is 10.2. The van der Waals surface area contributed by atoms with Gasteiger partial charge in [-0.2, -0.15) is 0 Å². The smallest absolute Gasteiger partial charge is 0.249 e. The minimum Gasteiger partial charge on any atom is -0.293 e. The summed E-state index contributed by atoms with van der Waals surface area (Å²) in [4.78, 5) is 12.0. The molecule has 0 atom stereocenters. The van der Waals surface area contributed by atoms with Crippen LogP contribution < -0.4 is 5.32 Å². The second-order valence-electron chi connectivity index (χ2n) is 4.55. The van der Waals surface area contributed by atoms with Crippen LogP contribution in [0, 0.1) is 5.92 Å². The summed E-state index contributed by atoms with van der Waals surface area (Å²) in [6.45, 7) is 2.78. The molecule has 1 aliphatic rings. The molecule has 0 aliphatic heterocycles. The molecule has 1 amide bonds. The lowest BCUT2D eigenvalue weighted by atomic mass is 9.89. The maximum absolute atomic E-state index is 12.0. The molecule has 0 aromatic carbocycles. The van der Waals surface area contributed by atoms with E-state index in [2.05, 4.69) is 27.8 Å². The molecule has 0 saturated heterocycles. The highest BCUT2D eigenvalue weighted by atomic mass is 16.2. The van der Waals surface area contributed by atoms with E-state index in [9.17, 15) is 4.79 Å². The summed E-state index contributed by atoms with van der Waals surface area (Å²) in [6, 6.07) is 0. The number of rotatable bonds is 4. The summed E-state index contributed by atoms with van der Waals surface area (Å²) >= 11 is 0. The van der Waals surface area contributed by atoms with Crippen LogP contribution in [-0.4, -0.2) is 26.1 Å². The van der Waals surface area contributed by atoms with Crippen LogP contribution >= 0.6 is 0 Å². The average molecular weight is 237 g/mol. The summed E-state index contributed by atoms with van der Waals surface area (Å²) in [6.07, 6.45) is 6.47. The highest BCUT2D eigenvalue weighted by molar-refractivity contribution is 5.90. The first-order valence-corrected chi connectivity index (χ1v) is 6.38. The number of carbonyl (C=O) groups is 1. The number of hydrogen-bond donors (Lipinski definition) is 1. The first-order chi connectivity index (χ1) is 8.31. The number of aryl methyl sites for hydroxylation is 1. The van der Waals surface area contributed by atoms with E-state index in [1.54, 1.807) is 4.68 Å². The third kappa shape index (κ3) is 3.01. The fourth-order valence-corrected chi connectivity index (χ4v) is 2.23. The molecular formula is C11H19N5O. The van der Waals surface area contributed by atoms with Crippen LogP contribution in [0.1, 0.15) is 45.4 Å². The molecule has 1 saturated carbocycles. The summed E-state index contributed by atoms with van der Waals surface area (Å²) in [5.41, 5.74) is 0. The molecule has 1 heterocycles. The van der Waals surface area contributed by atoms with E-state index < -0.39 is 0 Å². The second-order valence-corrected chi connectivity index (χ2v) is 4.55. The molecule has 0 spiro atoms. The van der Waals surface area contributed by atoms with Gasteiger partial charge in [-0.25, -0.2) is 4.68 Å². The van der Waals surface area contributed by atoms with Gasteiger partial charge < -0.3 is 0 Å². The van der Waals surface area contributed by atoms with Crippen LogP contribution in [0.3, 0.4) is 0 Å². The summed E-state index contributed by atoms with van der Waals surface area (Å²) in [5, 5.41) is 14.1. The van der Waals surface area contributed by atoms with Crippen LogP contribution in [0.5, 0.6) is 0 Å². The van der Waals surface area contributed by atoms with Gasteiger partial charge in [0.25, 0.3) is 0 Å². The van der Waals surface area contributed by atoms with Crippen molar-refractivity contribution < 1.29 is 4.79 Å². The van der Waals surface area contributed by atoms with E-state index in [0.717, 1.165) is 38.6 Å². The fraction of sp³-hybridized carbons (Fsp3) is 0.818. The Bertz CT molecular complexity index is 370. The van der Waals surface area contributed by atoms with E-state index in [-0.39, 0.29) is 11.8 Å². The van der Waals surface area contributed by atoms with E-state index in [4.69, 9.17) is 0 Å². The van der Waals surface area contributed by atoms with Gasteiger partial charge in [0.1, 0.15) is 0 Å². The van der Waals surface area contributed by atoms with E-state index in [1.807, 2.05) is 0 Å². The Morgan fingerprint density at radius 3 is 2.88 bits per heavy atom. The molecule has 94 valence electrons. The molecule has 17 heavy (non-hydrogen) atoms. The van der Waals surface area contributed by atoms with Crippen LogP contribution in [-0.2, 0) is 11.3 Å². The number of anilines is 1. The fourth-order valence-electron chi connectivity index (χ4n) is 2.23. The lowest BCUT2D eigenvalue weighted by molar-refractivity contribution is -0.120. The second kappa shape index (κ2) is 5.75. The monoisotopic (exact) mass is 237 g/mol. The van der Waals surface area contributed by atoms with Gasteiger partial charge in [0.15, 0.2) is 0 Å². The van der Waals surface area contributed by atoms with Crippen LogP contribution in [0.4, 0.5) is 5.95 Å². The summed E-state index contributed by atoms with van der Waals surface area (Å²) in [7, 11) is 0. The molecule has 1 aliphatic carbocycles. The Labute approximate surface area is 101 Å². The third-order valence-electron chi connectivity index (χ3n) is 3.18. The van der Waals surface area contributed by atoms with Crippen LogP contribution in [0.15, 0.2) is 0 Å². The Morgan fingerprint density at radius 2 is 2.18 bits per heavy atom. The number of amides is 1. The van der Waals surface area contributed by atoms with Gasteiger partial charge >= 0.3 is 0 Å². The molecular weight excluding hydrogens is 218 g/mol. The highest BCUT2D eigenvalue weighted by Crippen LogP contribution is 2.24. The maximum atomic E-state index is 12.0. The Morgan fingerprint density at radius 1 is 1.41 bits per heavy atom. The summed E-state index contributed by atoms with van der Waals surface area (Å²) < 4.78 is 1.64. The zero-order valence-corrected chi connectivity index (χ0v) is 10.2. The lowest BCUT2D eigenvalue weighted by Crippen LogP contribution is -2.26. The molecule has 2 rings (SSSR count). The number of carbonyl (C=O) groups excluding carboxylic acids is 1. The highest BCUT2D eigenvalue weighted by Gasteiger charge is 2.22. The maximum Gasteiger partial charge on any atom is 0.249 e. The number of hydrogen-bond acceptors (Lipinski definition) is 4. The SMILES string of the molecule is CCCn1nnnc1NC(=O)C1CCCCC1. The van der Waals surface area contributed by atoms with Gasteiger partial charge in [0, 0.05) is 12.5 Å². The van der Waals surface area contributed by atoms with Crippen molar-refractivity contribution in [1.29, 1.82) is 0 Å². The van der Waals surface area contributed by atoms with Gasteiger partial charge in [-0.1, -0.05) is 31.3 Å². The largest absolute Gasteiger partial charge is 0.293 e. The Kier molecular flexibility index (Phi) is 4.06. The van der Waals surface area contributed by atoms with E-state index >= 15 is 0 Å². The molecule has 6 heteroatoms. The Balaban J connectivity index is 1.94. The normalized spacial score (nSPS) is 17.0. The molecule has 1 aromatic heterocycles. The first kappa shape index (κ1) is 12.0. The van der Waals surface area contributed by atoms with Gasteiger partial charge in [0.05, 0.1) is 0 Å². The van der Waals surface area contributed by atoms with Gasteiger partial charge in [-0.15, -0.1) is 0 Å². The number of aromatic nitrogens is 4. The average Bonchev–Trinajstić information content (AvgIpc) is 2.78. The topological polar surface area (TPSA) is 72.7 Å². The van der Waals surface area contributed by atoms with Crippen molar-refractivity contribution in [2.24, 2.45) is 5.92 Å². The third-order valence-corrected chi connectivity index (χ3v) is 3.18. The van der Waals surface area contributed by atoms with Gasteiger partial charge in [-0.05, 0) is 29.7 Å². The van der Waals surface area contributed by atoms with Crippen LogP contribution in [0.25, 0.3) is 0 Å². The lowest BCUT2D eigenvalue weighted by Gasteiger charge is -2.20. The predicted octanol–water partition coefficient (Wildman–Crippen LogP) is 1.60. The minimum absolute atomic E-state index is 0.0665. The predicted molar refractivity (Wildman–Crippen MR) is 63.3 cm³/mol. The number of tetrazole rings is 1. The van der Waals surface area contributed by atoms with E-state index in [0.29, 0.717) is 5.95 Å².